The molecule has 1 amide bonds. The summed E-state index contributed by atoms with van der Waals surface area (Å²) in [5, 5.41) is 0.355. The third-order valence-electron chi connectivity index (χ3n) is 5.49. The van der Waals surface area contributed by atoms with Crippen molar-refractivity contribution in [3.63, 3.8) is 0 Å². The molecule has 0 bridgehead atoms. The van der Waals surface area contributed by atoms with Crippen LogP contribution in [-0.2, 0) is 0 Å². The smallest absolute Gasteiger partial charge is 0.255 e. The first-order valence-corrected chi connectivity index (χ1v) is 10.8. The molecule has 0 unspecified atom stereocenters. The minimum Gasteiger partial charge on any atom is -0.384 e. The Hall–Kier alpha value is -3.67. The maximum Gasteiger partial charge on any atom is 0.255 e. The van der Waals surface area contributed by atoms with E-state index in [2.05, 4.69) is 31.7 Å². The number of carbonyl (C=O) groups is 1. The average Bonchev–Trinajstić information content (AvgIpc) is 2.79. The van der Waals surface area contributed by atoms with Crippen molar-refractivity contribution in [2.45, 2.75) is 6.92 Å². The first-order chi connectivity index (χ1) is 15.8. The van der Waals surface area contributed by atoms with Gasteiger partial charge in [0.1, 0.15) is 5.82 Å². The fraction of sp³-hybridized carbons (Fsp3) is 0.250. The zero-order valence-electron chi connectivity index (χ0n) is 18.5. The van der Waals surface area contributed by atoms with Crippen LogP contribution in [-0.4, -0.2) is 63.9 Å². The van der Waals surface area contributed by atoms with E-state index in [-0.39, 0.29) is 11.9 Å². The predicted molar refractivity (Wildman–Crippen MR) is 130 cm³/mol. The number of pyridine rings is 1. The number of likely N-dealkylation sites (N-methyl/N-ethyl adjacent to an activating group) is 1. The minimum absolute atomic E-state index is 0.0751. The molecule has 4 N–H and O–H groups in total. The number of nitrogens with zero attached hydrogens (tertiary/aromatic N) is 5. The van der Waals surface area contributed by atoms with Crippen molar-refractivity contribution in [1.82, 2.24) is 24.8 Å². The molecule has 1 saturated heterocycles. The average molecular weight is 462 g/mol. The van der Waals surface area contributed by atoms with Crippen LogP contribution in [0.5, 0.6) is 0 Å². The number of halogens is 1. The molecule has 8 nitrogen and oxygen atoms in total. The second-order valence-electron chi connectivity index (χ2n) is 7.90. The molecule has 3 heterocycles. The van der Waals surface area contributed by atoms with E-state index in [9.17, 15) is 4.79 Å². The van der Waals surface area contributed by atoms with Gasteiger partial charge in [0.15, 0.2) is 0 Å². The van der Waals surface area contributed by atoms with E-state index in [1.54, 1.807) is 30.5 Å². The highest BCUT2D eigenvalue weighted by Crippen LogP contribution is 2.29. The molecule has 1 fully saturated rings. The lowest BCUT2D eigenvalue weighted by Crippen LogP contribution is -2.47. The molecule has 1 aromatic carbocycles. The lowest BCUT2D eigenvalue weighted by Gasteiger charge is -2.32. The predicted octanol–water partition coefficient (Wildman–Crippen LogP) is 2.45. The number of hydrogen-bond donors (Lipinski definition) is 2. The summed E-state index contributed by atoms with van der Waals surface area (Å²) in [5.74, 6) is 6.67. The summed E-state index contributed by atoms with van der Waals surface area (Å²) in [4.78, 5) is 29.7. The molecule has 33 heavy (non-hydrogen) atoms. The number of aryl methyl sites for hydroxylation is 1. The van der Waals surface area contributed by atoms with Gasteiger partial charge in [0.2, 0.25) is 5.95 Å². The molecular weight excluding hydrogens is 438 g/mol. The summed E-state index contributed by atoms with van der Waals surface area (Å²) < 4.78 is 0. The lowest BCUT2D eigenvalue weighted by atomic mass is 10.0. The molecule has 0 aliphatic carbocycles. The van der Waals surface area contributed by atoms with Crippen molar-refractivity contribution in [2.75, 3.05) is 44.7 Å². The number of nitrogen functional groups attached to an aromatic ring is 2. The monoisotopic (exact) mass is 461 g/mol. The minimum atomic E-state index is -0.0751. The van der Waals surface area contributed by atoms with Crippen LogP contribution in [0.4, 0.5) is 11.8 Å². The van der Waals surface area contributed by atoms with Crippen LogP contribution in [0, 0.1) is 18.8 Å². The Morgan fingerprint density at radius 2 is 1.82 bits per heavy atom. The number of aromatic nitrogens is 3. The van der Waals surface area contributed by atoms with Gasteiger partial charge in [0, 0.05) is 43.5 Å². The summed E-state index contributed by atoms with van der Waals surface area (Å²) in [7, 11) is 2.04. The van der Waals surface area contributed by atoms with Gasteiger partial charge < -0.3 is 21.3 Å². The molecule has 3 aromatic rings. The summed E-state index contributed by atoms with van der Waals surface area (Å²) in [6.45, 7) is 4.85. The SMILES string of the molecule is Cc1nc(N)nc(-c2ccc(C(=O)N3CCN(C)CC3)c(Cl)c2)c1C#Cc1ccc(N)nc1. The van der Waals surface area contributed by atoms with Crippen molar-refractivity contribution in [3.05, 3.63) is 63.9 Å². The maximum atomic E-state index is 13.0. The quantitative estimate of drug-likeness (QED) is 0.563. The van der Waals surface area contributed by atoms with Crippen molar-refractivity contribution >= 4 is 29.3 Å². The second kappa shape index (κ2) is 9.45. The van der Waals surface area contributed by atoms with Crippen LogP contribution in [0.2, 0.25) is 5.02 Å². The number of nitrogens with two attached hydrogens (primary N) is 2. The number of anilines is 2. The molecule has 9 heteroatoms. The van der Waals surface area contributed by atoms with Crippen molar-refractivity contribution < 1.29 is 4.79 Å². The summed E-state index contributed by atoms with van der Waals surface area (Å²) >= 11 is 6.55. The van der Waals surface area contributed by atoms with Crippen LogP contribution in [0.25, 0.3) is 11.3 Å². The number of hydrogen-bond acceptors (Lipinski definition) is 7. The Bertz CT molecular complexity index is 1260. The lowest BCUT2D eigenvalue weighted by molar-refractivity contribution is 0.0664. The molecule has 2 aromatic heterocycles. The molecular formula is C24H24ClN7O. The number of rotatable bonds is 2. The third kappa shape index (κ3) is 5.06. The molecule has 0 saturated carbocycles. The number of benzene rings is 1. The maximum absolute atomic E-state index is 13.0. The Balaban J connectivity index is 1.68. The summed E-state index contributed by atoms with van der Waals surface area (Å²) in [6, 6.07) is 8.74. The second-order valence-corrected chi connectivity index (χ2v) is 8.31. The zero-order chi connectivity index (χ0) is 23.5. The van der Waals surface area contributed by atoms with Gasteiger partial charge in [-0.1, -0.05) is 29.5 Å². The molecule has 168 valence electrons. The Morgan fingerprint density at radius 1 is 1.06 bits per heavy atom. The van der Waals surface area contributed by atoms with E-state index in [0.29, 0.717) is 57.6 Å². The van der Waals surface area contributed by atoms with E-state index < -0.39 is 0 Å². The van der Waals surface area contributed by atoms with Gasteiger partial charge in [0.25, 0.3) is 5.91 Å². The molecule has 0 radical (unpaired) electrons. The van der Waals surface area contributed by atoms with Gasteiger partial charge in [-0.3, -0.25) is 4.79 Å². The largest absolute Gasteiger partial charge is 0.384 e. The van der Waals surface area contributed by atoms with Gasteiger partial charge in [-0.05, 0) is 38.2 Å². The Kier molecular flexibility index (Phi) is 6.45. The van der Waals surface area contributed by atoms with Crippen molar-refractivity contribution in [2.24, 2.45) is 0 Å². The van der Waals surface area contributed by atoms with Crippen molar-refractivity contribution in [1.29, 1.82) is 0 Å². The fourth-order valence-corrected chi connectivity index (χ4v) is 3.84. The van der Waals surface area contributed by atoms with Gasteiger partial charge in [-0.2, -0.15) is 0 Å². The zero-order valence-corrected chi connectivity index (χ0v) is 19.2. The fourth-order valence-electron chi connectivity index (χ4n) is 3.58. The molecule has 1 aliphatic heterocycles. The van der Waals surface area contributed by atoms with Crippen molar-refractivity contribution in [3.8, 4) is 23.1 Å². The highest BCUT2D eigenvalue weighted by molar-refractivity contribution is 6.34. The highest BCUT2D eigenvalue weighted by atomic mass is 35.5. The van der Waals surface area contributed by atoms with E-state index in [1.807, 2.05) is 24.9 Å². The first kappa shape index (κ1) is 22.5. The number of amides is 1. The third-order valence-corrected chi connectivity index (χ3v) is 5.80. The molecule has 4 rings (SSSR count). The van der Waals surface area contributed by atoms with Crippen LogP contribution in [0.1, 0.15) is 27.2 Å². The van der Waals surface area contributed by atoms with E-state index in [4.69, 9.17) is 23.1 Å². The van der Waals surface area contributed by atoms with E-state index >= 15 is 0 Å². The van der Waals surface area contributed by atoms with Crippen LogP contribution in [0.3, 0.4) is 0 Å². The molecule has 0 spiro atoms. The Labute approximate surface area is 197 Å². The number of piperazine rings is 1. The summed E-state index contributed by atoms with van der Waals surface area (Å²) in [5.41, 5.74) is 15.2. The Morgan fingerprint density at radius 3 is 2.48 bits per heavy atom. The van der Waals surface area contributed by atoms with Gasteiger partial charge in [-0.25, -0.2) is 15.0 Å². The topological polar surface area (TPSA) is 114 Å². The highest BCUT2D eigenvalue weighted by Gasteiger charge is 2.23. The van der Waals surface area contributed by atoms with Gasteiger partial charge in [0.05, 0.1) is 27.5 Å². The van der Waals surface area contributed by atoms with Gasteiger partial charge in [-0.15, -0.1) is 0 Å². The van der Waals surface area contributed by atoms with Gasteiger partial charge >= 0.3 is 0 Å². The molecule has 1 aliphatic rings. The normalized spacial score (nSPS) is 14.0. The van der Waals surface area contributed by atoms with E-state index in [1.165, 1.54) is 0 Å². The number of carbonyl (C=O) groups excluding carboxylic acids is 1. The van der Waals surface area contributed by atoms with Crippen LogP contribution in [0.15, 0.2) is 36.5 Å². The standard InChI is InChI=1S/C24H24ClN7O/c1-15-18(6-3-16-4-8-21(26)28-14-16)22(30-24(27)29-15)17-5-7-19(20(25)13-17)23(33)32-11-9-31(2)10-12-32/h4-5,7-8,13-14H,9-12H2,1-2H3,(H2,26,28)(H2,27,29,30). The van der Waals surface area contributed by atoms with Crippen LogP contribution >= 0.6 is 11.6 Å². The molecule has 0 atom stereocenters. The first-order valence-electron chi connectivity index (χ1n) is 10.5. The van der Waals surface area contributed by atoms with Crippen LogP contribution < -0.4 is 11.5 Å². The summed E-state index contributed by atoms with van der Waals surface area (Å²) in [6.07, 6.45) is 1.60. The van der Waals surface area contributed by atoms with E-state index in [0.717, 1.165) is 13.1 Å².